The lowest BCUT2D eigenvalue weighted by Gasteiger charge is -2.18. The molecular weight excluding hydrogens is 262 g/mol. The highest BCUT2D eigenvalue weighted by atomic mass is 16.5. The van der Waals surface area contributed by atoms with Gasteiger partial charge in [-0.25, -0.2) is 4.68 Å². The van der Waals surface area contributed by atoms with E-state index in [-0.39, 0.29) is 0 Å². The van der Waals surface area contributed by atoms with Gasteiger partial charge in [-0.1, -0.05) is 6.07 Å². The van der Waals surface area contributed by atoms with E-state index in [4.69, 9.17) is 4.74 Å². The fourth-order valence-corrected chi connectivity index (χ4v) is 2.95. The van der Waals surface area contributed by atoms with Crippen molar-refractivity contribution in [3.05, 3.63) is 60.2 Å². The van der Waals surface area contributed by atoms with E-state index in [9.17, 15) is 0 Å². The highest BCUT2D eigenvalue weighted by Gasteiger charge is 2.21. The van der Waals surface area contributed by atoms with Gasteiger partial charge in [0.2, 0.25) is 0 Å². The van der Waals surface area contributed by atoms with E-state index in [1.807, 2.05) is 29.1 Å². The van der Waals surface area contributed by atoms with Gasteiger partial charge in [-0.15, -0.1) is 0 Å². The summed E-state index contributed by atoms with van der Waals surface area (Å²) < 4.78 is 7.36. The van der Waals surface area contributed by atoms with Gasteiger partial charge >= 0.3 is 0 Å². The van der Waals surface area contributed by atoms with Gasteiger partial charge in [-0.2, -0.15) is 5.10 Å². The SMILES string of the molecule is COc1ccc2c(c1)-c1cnn(-c3ccncc3)c1CC2. The Labute approximate surface area is 123 Å². The van der Waals surface area contributed by atoms with Crippen molar-refractivity contribution < 1.29 is 4.74 Å². The van der Waals surface area contributed by atoms with Gasteiger partial charge in [-0.05, 0) is 48.2 Å². The van der Waals surface area contributed by atoms with Crippen LogP contribution in [-0.2, 0) is 12.8 Å². The van der Waals surface area contributed by atoms with E-state index >= 15 is 0 Å². The standard InChI is InChI=1S/C17H15N3O/c1-21-14-4-2-12-3-5-17-16(15(12)10-14)11-19-20(17)13-6-8-18-9-7-13/h2,4,6-11H,3,5H2,1H3. The Morgan fingerprint density at radius 2 is 1.90 bits per heavy atom. The summed E-state index contributed by atoms with van der Waals surface area (Å²) in [4.78, 5) is 4.07. The number of hydrogen-bond donors (Lipinski definition) is 0. The van der Waals surface area contributed by atoms with Crippen molar-refractivity contribution >= 4 is 0 Å². The maximum absolute atomic E-state index is 5.35. The van der Waals surface area contributed by atoms with Gasteiger partial charge in [0.1, 0.15) is 5.75 Å². The van der Waals surface area contributed by atoms with E-state index < -0.39 is 0 Å². The van der Waals surface area contributed by atoms with E-state index in [1.165, 1.54) is 22.4 Å². The molecule has 104 valence electrons. The molecule has 21 heavy (non-hydrogen) atoms. The number of rotatable bonds is 2. The molecule has 4 rings (SSSR count). The minimum atomic E-state index is 0.887. The van der Waals surface area contributed by atoms with Gasteiger partial charge in [0.25, 0.3) is 0 Å². The Morgan fingerprint density at radius 1 is 1.05 bits per heavy atom. The molecule has 1 aliphatic rings. The molecule has 2 aromatic heterocycles. The zero-order valence-electron chi connectivity index (χ0n) is 11.8. The molecule has 0 N–H and O–H groups in total. The predicted octanol–water partition coefficient (Wildman–Crippen LogP) is 3.04. The minimum absolute atomic E-state index is 0.887. The molecule has 4 nitrogen and oxygen atoms in total. The fraction of sp³-hybridized carbons (Fsp3) is 0.176. The lowest BCUT2D eigenvalue weighted by atomic mass is 9.89. The summed E-state index contributed by atoms with van der Waals surface area (Å²) in [6, 6.07) is 10.2. The first kappa shape index (κ1) is 12.1. The summed E-state index contributed by atoms with van der Waals surface area (Å²) in [6.07, 6.45) is 7.57. The maximum Gasteiger partial charge on any atom is 0.119 e. The van der Waals surface area contributed by atoms with Gasteiger partial charge < -0.3 is 4.74 Å². The topological polar surface area (TPSA) is 39.9 Å². The summed E-state index contributed by atoms with van der Waals surface area (Å²) in [5.41, 5.74) is 6.10. The molecule has 0 saturated carbocycles. The number of pyridine rings is 1. The van der Waals surface area contributed by atoms with E-state index in [1.54, 1.807) is 19.5 Å². The summed E-state index contributed by atoms with van der Waals surface area (Å²) >= 11 is 0. The van der Waals surface area contributed by atoms with Crippen LogP contribution in [0.2, 0.25) is 0 Å². The largest absolute Gasteiger partial charge is 0.497 e. The number of fused-ring (bicyclic) bond motifs is 3. The Kier molecular flexibility index (Phi) is 2.74. The van der Waals surface area contributed by atoms with Crippen LogP contribution >= 0.6 is 0 Å². The zero-order valence-corrected chi connectivity index (χ0v) is 11.8. The van der Waals surface area contributed by atoms with Gasteiger partial charge in [0, 0.05) is 18.0 Å². The van der Waals surface area contributed by atoms with Crippen molar-refractivity contribution in [2.45, 2.75) is 12.8 Å². The normalized spacial score (nSPS) is 12.6. The van der Waals surface area contributed by atoms with E-state index in [0.717, 1.165) is 24.3 Å². The molecule has 3 aromatic rings. The van der Waals surface area contributed by atoms with Crippen LogP contribution in [0.4, 0.5) is 0 Å². The first-order valence-corrected chi connectivity index (χ1v) is 7.01. The molecule has 0 amide bonds. The molecule has 2 heterocycles. The second kappa shape index (κ2) is 4.74. The molecule has 0 radical (unpaired) electrons. The second-order valence-corrected chi connectivity index (χ2v) is 5.15. The highest BCUT2D eigenvalue weighted by Crippen LogP contribution is 2.36. The third-order valence-corrected chi connectivity index (χ3v) is 4.01. The van der Waals surface area contributed by atoms with Crippen molar-refractivity contribution in [1.29, 1.82) is 0 Å². The summed E-state index contributed by atoms with van der Waals surface area (Å²) in [7, 11) is 1.70. The first-order chi connectivity index (χ1) is 10.4. The molecule has 1 aliphatic carbocycles. The number of aryl methyl sites for hydroxylation is 1. The molecule has 0 saturated heterocycles. The summed E-state index contributed by atoms with van der Waals surface area (Å²) in [5.74, 6) is 0.887. The van der Waals surface area contributed by atoms with E-state index in [2.05, 4.69) is 22.2 Å². The lowest BCUT2D eigenvalue weighted by molar-refractivity contribution is 0.415. The van der Waals surface area contributed by atoms with E-state index in [0.29, 0.717) is 0 Å². The maximum atomic E-state index is 5.35. The average Bonchev–Trinajstić information content (AvgIpc) is 2.99. The zero-order chi connectivity index (χ0) is 14.2. The Bertz CT molecular complexity index is 793. The van der Waals surface area contributed by atoms with Crippen molar-refractivity contribution in [2.75, 3.05) is 7.11 Å². The molecule has 0 atom stereocenters. The van der Waals surface area contributed by atoms with Gasteiger partial charge in [-0.3, -0.25) is 4.98 Å². The predicted molar refractivity (Wildman–Crippen MR) is 80.8 cm³/mol. The van der Waals surface area contributed by atoms with Crippen LogP contribution in [0.25, 0.3) is 16.8 Å². The Morgan fingerprint density at radius 3 is 2.71 bits per heavy atom. The fourth-order valence-electron chi connectivity index (χ4n) is 2.95. The molecule has 0 unspecified atom stereocenters. The number of methoxy groups -OCH3 is 1. The van der Waals surface area contributed by atoms with Crippen LogP contribution in [0.1, 0.15) is 11.3 Å². The Hall–Kier alpha value is -2.62. The minimum Gasteiger partial charge on any atom is -0.497 e. The number of ether oxygens (including phenoxy) is 1. The Balaban J connectivity index is 1.87. The van der Waals surface area contributed by atoms with Crippen LogP contribution < -0.4 is 4.74 Å². The van der Waals surface area contributed by atoms with Gasteiger partial charge in [0.05, 0.1) is 24.7 Å². The highest BCUT2D eigenvalue weighted by molar-refractivity contribution is 5.73. The molecule has 0 fully saturated rings. The molecule has 1 aromatic carbocycles. The van der Waals surface area contributed by atoms with Crippen LogP contribution in [0.5, 0.6) is 5.75 Å². The van der Waals surface area contributed by atoms with Crippen molar-refractivity contribution in [1.82, 2.24) is 14.8 Å². The third-order valence-electron chi connectivity index (χ3n) is 4.01. The molecule has 0 bridgehead atoms. The molecular formula is C17H15N3O. The third kappa shape index (κ3) is 1.91. The van der Waals surface area contributed by atoms with Crippen molar-refractivity contribution in [3.8, 4) is 22.6 Å². The lowest BCUT2D eigenvalue weighted by Crippen LogP contribution is -2.09. The van der Waals surface area contributed by atoms with Crippen LogP contribution in [0.15, 0.2) is 48.9 Å². The number of hydrogen-bond acceptors (Lipinski definition) is 3. The van der Waals surface area contributed by atoms with Crippen LogP contribution in [0, 0.1) is 0 Å². The number of aromatic nitrogens is 3. The van der Waals surface area contributed by atoms with Crippen LogP contribution in [0.3, 0.4) is 0 Å². The molecule has 0 aliphatic heterocycles. The van der Waals surface area contributed by atoms with Crippen LogP contribution in [-0.4, -0.2) is 21.9 Å². The monoisotopic (exact) mass is 277 g/mol. The second-order valence-electron chi connectivity index (χ2n) is 5.15. The van der Waals surface area contributed by atoms with Gasteiger partial charge in [0.15, 0.2) is 0 Å². The number of benzene rings is 1. The first-order valence-electron chi connectivity index (χ1n) is 7.01. The van der Waals surface area contributed by atoms with Crippen molar-refractivity contribution in [2.24, 2.45) is 0 Å². The quantitative estimate of drug-likeness (QED) is 0.723. The average molecular weight is 277 g/mol. The summed E-state index contributed by atoms with van der Waals surface area (Å²) in [6.45, 7) is 0. The number of nitrogens with zero attached hydrogens (tertiary/aromatic N) is 3. The molecule has 0 spiro atoms. The molecule has 4 heteroatoms. The summed E-state index contributed by atoms with van der Waals surface area (Å²) in [5, 5.41) is 4.57. The van der Waals surface area contributed by atoms with Crippen molar-refractivity contribution in [3.63, 3.8) is 0 Å². The smallest absolute Gasteiger partial charge is 0.119 e.